The van der Waals surface area contributed by atoms with Gasteiger partial charge in [0, 0.05) is 67.4 Å². The van der Waals surface area contributed by atoms with Gasteiger partial charge in [0.15, 0.2) is 0 Å². The average Bonchev–Trinajstić information content (AvgIpc) is 3.65. The van der Waals surface area contributed by atoms with E-state index in [2.05, 4.69) is 20.0 Å². The maximum atomic E-state index is 15.0. The lowest BCUT2D eigenvalue weighted by Gasteiger charge is -2.38. The third-order valence-electron chi connectivity index (χ3n) is 10.6. The van der Waals surface area contributed by atoms with Crippen molar-refractivity contribution in [2.45, 2.75) is 82.2 Å². The summed E-state index contributed by atoms with van der Waals surface area (Å²) in [4.78, 5) is 16.9. The molecule has 0 aliphatic carbocycles. The van der Waals surface area contributed by atoms with Crippen molar-refractivity contribution < 1.29 is 18.6 Å². The monoisotopic (exact) mass is 590 g/mol. The molecule has 8 rings (SSSR count). The van der Waals surface area contributed by atoms with Crippen molar-refractivity contribution in [1.82, 2.24) is 20.2 Å². The van der Waals surface area contributed by atoms with Crippen LogP contribution in [0, 0.1) is 5.82 Å². The molecule has 1 aromatic heterocycles. The van der Waals surface area contributed by atoms with Gasteiger partial charge in [-0.3, -0.25) is 4.90 Å². The molecule has 4 atom stereocenters. The van der Waals surface area contributed by atoms with E-state index in [-0.39, 0.29) is 17.1 Å². The zero-order valence-corrected chi connectivity index (χ0v) is 24.8. The Morgan fingerprint density at radius 2 is 1.93 bits per heavy atom. The SMILES string of the molecule is CCc1c(F)ccc2cc(O)cc(N3CCc4c(nc(OC[C@@]56CCCN5C[C@H](F)C6)nc4N4C[C@H]5CC[C@@H](C4)N5)C3)c12. The van der Waals surface area contributed by atoms with E-state index in [1.807, 2.05) is 6.92 Å². The highest BCUT2D eigenvalue weighted by molar-refractivity contribution is 5.98. The Balaban J connectivity index is 1.16. The maximum absolute atomic E-state index is 15.0. The van der Waals surface area contributed by atoms with E-state index in [0.29, 0.717) is 62.7 Å². The number of phenols is 1. The van der Waals surface area contributed by atoms with Crippen LogP contribution in [0.25, 0.3) is 10.8 Å². The number of anilines is 2. The minimum absolute atomic E-state index is 0.161. The van der Waals surface area contributed by atoms with Crippen molar-refractivity contribution in [2.75, 3.05) is 49.1 Å². The number of aromatic hydroxyl groups is 1. The predicted octanol–water partition coefficient (Wildman–Crippen LogP) is 4.50. The molecule has 10 heteroatoms. The van der Waals surface area contributed by atoms with Crippen LogP contribution in [0.4, 0.5) is 20.3 Å². The number of rotatable bonds is 6. The lowest BCUT2D eigenvalue weighted by atomic mass is 9.95. The Morgan fingerprint density at radius 1 is 1.09 bits per heavy atom. The van der Waals surface area contributed by atoms with Crippen molar-refractivity contribution in [3.05, 3.63) is 46.9 Å². The normalized spacial score (nSPS) is 28.5. The molecule has 4 fully saturated rings. The highest BCUT2D eigenvalue weighted by Crippen LogP contribution is 2.42. The Morgan fingerprint density at radius 3 is 2.74 bits per heavy atom. The van der Waals surface area contributed by atoms with Gasteiger partial charge < -0.3 is 25.0 Å². The van der Waals surface area contributed by atoms with Crippen LogP contribution in [0.15, 0.2) is 24.3 Å². The predicted molar refractivity (Wildman–Crippen MR) is 162 cm³/mol. The minimum Gasteiger partial charge on any atom is -0.508 e. The Bertz CT molecular complexity index is 1560. The molecule has 4 saturated heterocycles. The second-order valence-corrected chi connectivity index (χ2v) is 13.3. The number of nitrogens with one attached hydrogen (secondary N) is 1. The summed E-state index contributed by atoms with van der Waals surface area (Å²) in [5.41, 5.74) is 3.24. The smallest absolute Gasteiger partial charge is 0.318 e. The number of phenolic OH excluding ortho intramolecular Hbond substituents is 1. The van der Waals surface area contributed by atoms with Crippen molar-refractivity contribution in [1.29, 1.82) is 0 Å². The fourth-order valence-electron chi connectivity index (χ4n) is 8.61. The van der Waals surface area contributed by atoms with Crippen LogP contribution >= 0.6 is 0 Å². The highest BCUT2D eigenvalue weighted by Gasteiger charge is 2.49. The van der Waals surface area contributed by atoms with Crippen LogP contribution in [-0.2, 0) is 19.4 Å². The van der Waals surface area contributed by atoms with Crippen LogP contribution in [0.2, 0.25) is 0 Å². The summed E-state index contributed by atoms with van der Waals surface area (Å²) >= 11 is 0. The molecule has 0 radical (unpaired) electrons. The first kappa shape index (κ1) is 27.3. The van der Waals surface area contributed by atoms with E-state index in [4.69, 9.17) is 14.7 Å². The van der Waals surface area contributed by atoms with E-state index in [9.17, 15) is 13.9 Å². The van der Waals surface area contributed by atoms with Gasteiger partial charge in [-0.05, 0) is 68.2 Å². The Hall–Kier alpha value is -3.24. The second-order valence-electron chi connectivity index (χ2n) is 13.3. The van der Waals surface area contributed by atoms with Gasteiger partial charge in [-0.1, -0.05) is 13.0 Å². The number of alkyl halides is 1. The number of hydrogen-bond donors (Lipinski definition) is 2. The van der Waals surface area contributed by atoms with E-state index in [0.717, 1.165) is 72.4 Å². The molecule has 2 bridgehead atoms. The van der Waals surface area contributed by atoms with Crippen LogP contribution in [0.5, 0.6) is 11.8 Å². The first-order valence-corrected chi connectivity index (χ1v) is 16.0. The summed E-state index contributed by atoms with van der Waals surface area (Å²) in [5.74, 6) is 0.888. The van der Waals surface area contributed by atoms with Gasteiger partial charge in [-0.2, -0.15) is 9.97 Å². The highest BCUT2D eigenvalue weighted by atomic mass is 19.1. The number of nitrogens with zero attached hydrogens (tertiary/aromatic N) is 5. The summed E-state index contributed by atoms with van der Waals surface area (Å²) in [6, 6.07) is 7.96. The molecule has 43 heavy (non-hydrogen) atoms. The van der Waals surface area contributed by atoms with Crippen molar-refractivity contribution >= 4 is 22.3 Å². The summed E-state index contributed by atoms with van der Waals surface area (Å²) in [5, 5.41) is 16.0. The van der Waals surface area contributed by atoms with E-state index >= 15 is 0 Å². The summed E-state index contributed by atoms with van der Waals surface area (Å²) in [7, 11) is 0. The van der Waals surface area contributed by atoms with Gasteiger partial charge in [0.25, 0.3) is 0 Å². The Kier molecular flexibility index (Phi) is 6.63. The Labute approximate surface area is 251 Å². The number of benzene rings is 2. The molecular weight excluding hydrogens is 550 g/mol. The third kappa shape index (κ3) is 4.68. The maximum Gasteiger partial charge on any atom is 0.318 e. The summed E-state index contributed by atoms with van der Waals surface area (Å²) in [6.07, 6.45) is 5.32. The lowest BCUT2D eigenvalue weighted by molar-refractivity contribution is 0.107. The van der Waals surface area contributed by atoms with E-state index in [1.165, 1.54) is 18.9 Å². The molecule has 5 aliphatic heterocycles. The van der Waals surface area contributed by atoms with Gasteiger partial charge in [0.2, 0.25) is 0 Å². The molecule has 0 amide bonds. The van der Waals surface area contributed by atoms with Crippen LogP contribution in [0.3, 0.4) is 0 Å². The van der Waals surface area contributed by atoms with Gasteiger partial charge in [-0.25, -0.2) is 8.78 Å². The number of ether oxygens (including phenoxy) is 1. The molecule has 0 unspecified atom stereocenters. The number of hydrogen-bond acceptors (Lipinski definition) is 8. The van der Waals surface area contributed by atoms with Crippen LogP contribution < -0.4 is 19.9 Å². The fraction of sp³-hybridized carbons (Fsp3) is 0.576. The zero-order valence-electron chi connectivity index (χ0n) is 24.8. The number of aryl methyl sites for hydroxylation is 1. The third-order valence-corrected chi connectivity index (χ3v) is 10.6. The fourth-order valence-corrected chi connectivity index (χ4v) is 8.61. The van der Waals surface area contributed by atoms with Crippen LogP contribution in [-0.4, -0.2) is 83.1 Å². The molecular formula is C33H40F2N6O2. The number of aromatic nitrogens is 2. The molecule has 8 nitrogen and oxygen atoms in total. The molecule has 2 aromatic carbocycles. The summed E-state index contributed by atoms with van der Waals surface area (Å²) < 4.78 is 35.8. The van der Waals surface area contributed by atoms with E-state index in [1.54, 1.807) is 18.2 Å². The number of piperazine rings is 1. The van der Waals surface area contributed by atoms with Crippen molar-refractivity contribution in [3.63, 3.8) is 0 Å². The quantitative estimate of drug-likeness (QED) is 0.435. The minimum atomic E-state index is -0.816. The first-order valence-electron chi connectivity index (χ1n) is 16.0. The second kappa shape index (κ2) is 10.4. The number of fused-ring (bicyclic) bond motifs is 5. The topological polar surface area (TPSA) is 77.0 Å². The van der Waals surface area contributed by atoms with E-state index < -0.39 is 6.17 Å². The van der Waals surface area contributed by atoms with Crippen LogP contribution in [0.1, 0.15) is 55.8 Å². The summed E-state index contributed by atoms with van der Waals surface area (Å²) in [6.45, 7) is 6.76. The largest absolute Gasteiger partial charge is 0.508 e. The molecule has 0 spiro atoms. The van der Waals surface area contributed by atoms with Gasteiger partial charge in [0.05, 0.1) is 17.8 Å². The molecule has 228 valence electrons. The van der Waals surface area contributed by atoms with Crippen molar-refractivity contribution in [2.24, 2.45) is 0 Å². The first-order chi connectivity index (χ1) is 20.9. The standard InChI is InChI=1S/C33H40F2N6O2/c1-2-25-27(35)7-4-20-12-24(42)13-29(30(20)25)39-11-8-26-28(18-39)37-32(38-31(26)40-16-22-5-6-23(17-40)36-22)43-19-33-9-3-10-41(33)15-21(34)14-33/h4,7,12-13,21-23,36,42H,2-3,5-6,8-11,14-19H2,1H3/t21-,22-,23+,33+/m1/s1. The molecule has 6 heterocycles. The van der Waals surface area contributed by atoms with Crippen molar-refractivity contribution in [3.8, 4) is 11.8 Å². The molecule has 2 N–H and O–H groups in total. The average molecular weight is 591 g/mol. The lowest BCUT2D eigenvalue weighted by Crippen LogP contribution is -2.52. The van der Waals surface area contributed by atoms with Gasteiger partial charge in [0.1, 0.15) is 30.2 Å². The van der Waals surface area contributed by atoms with Gasteiger partial charge in [-0.15, -0.1) is 0 Å². The van der Waals surface area contributed by atoms with Gasteiger partial charge >= 0.3 is 6.01 Å². The number of halogens is 2. The zero-order chi connectivity index (χ0) is 29.3. The molecule has 3 aromatic rings. The molecule has 5 aliphatic rings. The molecule has 0 saturated carbocycles.